The lowest BCUT2D eigenvalue weighted by Gasteiger charge is -2.15. The number of nitro groups is 1. The molecule has 0 bridgehead atoms. The highest BCUT2D eigenvalue weighted by atomic mass is 32.2. The van der Waals surface area contributed by atoms with Crippen LogP contribution in [0, 0.1) is 16.0 Å². The number of hydrogen-bond donors (Lipinski definition) is 2. The standard InChI is InChI=1S/C12H17N3O6S/c13-22(18,19)10-1-2-11(12(5-10)15(16)17)14-6-9-7-20-3-4-21-8-9/h1-2,5,9,14H,3-4,6-8H2,(H2,13,18,19). The molecule has 0 radical (unpaired) electrons. The van der Waals surface area contributed by atoms with Crippen LogP contribution in [-0.2, 0) is 19.5 Å². The topological polar surface area (TPSA) is 134 Å². The van der Waals surface area contributed by atoms with Crippen molar-refractivity contribution in [1.82, 2.24) is 0 Å². The van der Waals surface area contributed by atoms with Crippen LogP contribution < -0.4 is 10.5 Å². The Balaban J connectivity index is 2.14. The maximum absolute atomic E-state index is 11.3. The Labute approximate surface area is 127 Å². The van der Waals surface area contributed by atoms with Gasteiger partial charge in [0.25, 0.3) is 5.69 Å². The Morgan fingerprint density at radius 2 is 1.95 bits per heavy atom. The number of hydrogen-bond acceptors (Lipinski definition) is 7. The fourth-order valence-electron chi connectivity index (χ4n) is 2.03. The summed E-state index contributed by atoms with van der Waals surface area (Å²) < 4.78 is 33.2. The van der Waals surface area contributed by atoms with E-state index in [-0.39, 0.29) is 22.2 Å². The number of rotatable bonds is 5. The predicted molar refractivity (Wildman–Crippen MR) is 78.1 cm³/mol. The smallest absolute Gasteiger partial charge is 0.293 e. The highest BCUT2D eigenvalue weighted by molar-refractivity contribution is 7.89. The monoisotopic (exact) mass is 331 g/mol. The number of ether oxygens (including phenoxy) is 2. The molecule has 0 atom stereocenters. The first-order chi connectivity index (χ1) is 10.4. The van der Waals surface area contributed by atoms with Crippen molar-refractivity contribution in [1.29, 1.82) is 0 Å². The molecular formula is C12H17N3O6S. The molecular weight excluding hydrogens is 314 g/mol. The lowest BCUT2D eigenvalue weighted by atomic mass is 10.1. The fourth-order valence-corrected chi connectivity index (χ4v) is 2.56. The quantitative estimate of drug-likeness (QED) is 0.586. The zero-order valence-corrected chi connectivity index (χ0v) is 12.5. The molecule has 122 valence electrons. The van der Waals surface area contributed by atoms with E-state index < -0.39 is 14.9 Å². The van der Waals surface area contributed by atoms with Crippen molar-refractivity contribution >= 4 is 21.4 Å². The Kier molecular flexibility index (Phi) is 5.29. The Bertz CT molecular complexity index is 640. The van der Waals surface area contributed by atoms with Crippen molar-refractivity contribution in [3.8, 4) is 0 Å². The highest BCUT2D eigenvalue weighted by Gasteiger charge is 2.20. The van der Waals surface area contributed by atoms with Crippen LogP contribution in [0.4, 0.5) is 11.4 Å². The fraction of sp³-hybridized carbons (Fsp3) is 0.500. The summed E-state index contributed by atoms with van der Waals surface area (Å²) in [4.78, 5) is 10.1. The first-order valence-electron chi connectivity index (χ1n) is 6.58. The van der Waals surface area contributed by atoms with E-state index in [4.69, 9.17) is 14.6 Å². The van der Waals surface area contributed by atoms with Gasteiger partial charge in [0, 0.05) is 18.5 Å². The van der Waals surface area contributed by atoms with Crippen molar-refractivity contribution in [3.63, 3.8) is 0 Å². The van der Waals surface area contributed by atoms with E-state index in [2.05, 4.69) is 5.32 Å². The molecule has 9 nitrogen and oxygen atoms in total. The van der Waals surface area contributed by atoms with Crippen molar-refractivity contribution in [2.24, 2.45) is 11.1 Å². The molecule has 0 unspecified atom stereocenters. The third-order valence-corrected chi connectivity index (χ3v) is 4.07. The minimum Gasteiger partial charge on any atom is -0.379 e. The van der Waals surface area contributed by atoms with Crippen LogP contribution in [-0.4, -0.2) is 46.3 Å². The van der Waals surface area contributed by atoms with Crippen molar-refractivity contribution < 1.29 is 22.8 Å². The largest absolute Gasteiger partial charge is 0.379 e. The average molecular weight is 331 g/mol. The first kappa shape index (κ1) is 16.6. The molecule has 0 spiro atoms. The van der Waals surface area contributed by atoms with E-state index in [0.717, 1.165) is 6.07 Å². The van der Waals surface area contributed by atoms with E-state index in [0.29, 0.717) is 33.0 Å². The molecule has 1 aromatic carbocycles. The number of anilines is 1. The van der Waals surface area contributed by atoms with Crippen molar-refractivity contribution in [3.05, 3.63) is 28.3 Å². The molecule has 0 aromatic heterocycles. The van der Waals surface area contributed by atoms with Crippen LogP contribution in [0.15, 0.2) is 23.1 Å². The van der Waals surface area contributed by atoms with Crippen molar-refractivity contribution in [2.75, 3.05) is 38.3 Å². The maximum Gasteiger partial charge on any atom is 0.293 e. The first-order valence-corrected chi connectivity index (χ1v) is 8.13. The minimum absolute atomic E-state index is 0.0556. The zero-order chi connectivity index (χ0) is 16.2. The number of sulfonamides is 1. The van der Waals surface area contributed by atoms with Crippen LogP contribution in [0.25, 0.3) is 0 Å². The Hall–Kier alpha value is -1.75. The van der Waals surface area contributed by atoms with E-state index in [1.165, 1.54) is 12.1 Å². The van der Waals surface area contributed by atoms with Gasteiger partial charge in [-0.05, 0) is 12.1 Å². The molecule has 1 aliphatic rings. The van der Waals surface area contributed by atoms with Gasteiger partial charge in [-0.1, -0.05) is 0 Å². The molecule has 3 N–H and O–H groups in total. The molecule has 1 heterocycles. The SMILES string of the molecule is NS(=O)(=O)c1ccc(NCC2COCCOC2)c([N+](=O)[O-])c1. The van der Waals surface area contributed by atoms with E-state index in [9.17, 15) is 18.5 Å². The zero-order valence-electron chi connectivity index (χ0n) is 11.7. The third-order valence-electron chi connectivity index (χ3n) is 3.15. The second kappa shape index (κ2) is 7.01. The van der Waals surface area contributed by atoms with Crippen LogP contribution in [0.5, 0.6) is 0 Å². The normalized spacial score (nSPS) is 17.0. The molecule has 0 saturated carbocycles. The molecule has 0 amide bonds. The summed E-state index contributed by atoms with van der Waals surface area (Å²) in [6.07, 6.45) is 0. The summed E-state index contributed by atoms with van der Waals surface area (Å²) in [7, 11) is -3.99. The van der Waals surface area contributed by atoms with Crippen LogP contribution >= 0.6 is 0 Å². The van der Waals surface area contributed by atoms with Gasteiger partial charge in [0.2, 0.25) is 10.0 Å². The molecule has 1 aliphatic heterocycles. The molecule has 22 heavy (non-hydrogen) atoms. The van der Waals surface area contributed by atoms with E-state index >= 15 is 0 Å². The maximum atomic E-state index is 11.3. The van der Waals surface area contributed by atoms with Gasteiger partial charge in [-0.2, -0.15) is 0 Å². The number of primary sulfonamides is 1. The number of benzene rings is 1. The molecule has 1 aromatic rings. The van der Waals surface area contributed by atoms with Crippen LogP contribution in [0.1, 0.15) is 0 Å². The molecule has 1 saturated heterocycles. The Morgan fingerprint density at radius 3 is 2.50 bits per heavy atom. The molecule has 1 fully saturated rings. The predicted octanol–water partition coefficient (Wildman–Crippen LogP) is 0.317. The number of nitrogens with one attached hydrogen (secondary N) is 1. The summed E-state index contributed by atoms with van der Waals surface area (Å²) in [5.41, 5.74) is -0.122. The van der Waals surface area contributed by atoms with Gasteiger partial charge in [0.05, 0.1) is 36.2 Å². The lowest BCUT2D eigenvalue weighted by molar-refractivity contribution is -0.384. The third kappa shape index (κ3) is 4.37. The van der Waals surface area contributed by atoms with Crippen molar-refractivity contribution in [2.45, 2.75) is 4.90 Å². The van der Waals surface area contributed by atoms with Gasteiger partial charge in [-0.3, -0.25) is 10.1 Å². The van der Waals surface area contributed by atoms with Gasteiger partial charge in [0.1, 0.15) is 5.69 Å². The molecule has 0 aliphatic carbocycles. The highest BCUT2D eigenvalue weighted by Crippen LogP contribution is 2.27. The van der Waals surface area contributed by atoms with Gasteiger partial charge >= 0.3 is 0 Å². The molecule has 10 heteroatoms. The second-order valence-corrected chi connectivity index (χ2v) is 6.44. The Morgan fingerprint density at radius 1 is 1.32 bits per heavy atom. The average Bonchev–Trinajstić information content (AvgIpc) is 2.72. The summed E-state index contributed by atoms with van der Waals surface area (Å²) in [6.45, 7) is 2.46. The number of nitro benzene ring substituents is 1. The number of nitrogens with zero attached hydrogens (tertiary/aromatic N) is 1. The summed E-state index contributed by atoms with van der Waals surface area (Å²) in [5, 5.41) is 19.0. The number of nitrogens with two attached hydrogens (primary N) is 1. The summed E-state index contributed by atoms with van der Waals surface area (Å²) >= 11 is 0. The summed E-state index contributed by atoms with van der Waals surface area (Å²) in [6, 6.07) is 3.50. The second-order valence-electron chi connectivity index (χ2n) is 4.88. The lowest BCUT2D eigenvalue weighted by Crippen LogP contribution is -2.22. The summed E-state index contributed by atoms with van der Waals surface area (Å²) in [5.74, 6) is 0.0556. The van der Waals surface area contributed by atoms with Crippen LogP contribution in [0.3, 0.4) is 0 Å². The van der Waals surface area contributed by atoms with Gasteiger partial charge in [-0.25, -0.2) is 13.6 Å². The van der Waals surface area contributed by atoms with Gasteiger partial charge in [0.15, 0.2) is 0 Å². The van der Waals surface area contributed by atoms with E-state index in [1.54, 1.807) is 0 Å². The molecule has 2 rings (SSSR count). The van der Waals surface area contributed by atoms with Crippen LogP contribution in [0.2, 0.25) is 0 Å². The minimum atomic E-state index is -3.99. The van der Waals surface area contributed by atoms with Gasteiger partial charge < -0.3 is 14.8 Å². The van der Waals surface area contributed by atoms with Gasteiger partial charge in [-0.15, -0.1) is 0 Å². The van der Waals surface area contributed by atoms with E-state index in [1.807, 2.05) is 0 Å².